The van der Waals surface area contributed by atoms with Gasteiger partial charge in [0.1, 0.15) is 18.2 Å². The van der Waals surface area contributed by atoms with Crippen LogP contribution in [0.3, 0.4) is 0 Å². The topological polar surface area (TPSA) is 35.2 Å². The Bertz CT molecular complexity index is 542. The molecule has 2 aromatic rings. The van der Waals surface area contributed by atoms with Crippen LogP contribution in [-0.4, -0.2) is 13.2 Å². The van der Waals surface area contributed by atoms with Gasteiger partial charge in [0.25, 0.3) is 0 Å². The molecule has 0 aliphatic rings. The Morgan fingerprint density at radius 2 is 1.89 bits per heavy atom. The average Bonchev–Trinajstić information content (AvgIpc) is 2.36. The molecule has 2 nitrogen and oxygen atoms in total. The van der Waals surface area contributed by atoms with E-state index in [0.29, 0.717) is 5.75 Å². The first kappa shape index (κ1) is 14.5. The van der Waals surface area contributed by atoms with Crippen LogP contribution in [0.15, 0.2) is 54.4 Å². The molecule has 4 heteroatoms. The van der Waals surface area contributed by atoms with Crippen LogP contribution in [-0.2, 0) is 0 Å². The highest BCUT2D eigenvalue weighted by Gasteiger charge is 1.99. The van der Waals surface area contributed by atoms with Crippen LogP contribution in [0.5, 0.6) is 5.75 Å². The van der Waals surface area contributed by atoms with Gasteiger partial charge in [-0.15, -0.1) is 12.4 Å². The third-order valence-corrected chi connectivity index (χ3v) is 2.44. The van der Waals surface area contributed by atoms with Gasteiger partial charge in [-0.05, 0) is 29.0 Å². The number of benzene rings is 2. The van der Waals surface area contributed by atoms with Gasteiger partial charge < -0.3 is 10.5 Å². The molecule has 0 atom stereocenters. The van der Waals surface area contributed by atoms with Crippen LogP contribution in [0.4, 0.5) is 4.39 Å². The van der Waals surface area contributed by atoms with E-state index < -0.39 is 0 Å². The van der Waals surface area contributed by atoms with Crippen molar-refractivity contribution in [1.82, 2.24) is 0 Å². The molecule has 0 aromatic heterocycles. The minimum atomic E-state index is -0.347. The summed E-state index contributed by atoms with van der Waals surface area (Å²) in [7, 11) is 0. The Morgan fingerprint density at radius 1 is 1.17 bits per heavy atom. The number of fused-ring (bicyclic) bond motifs is 1. The van der Waals surface area contributed by atoms with E-state index >= 15 is 0 Å². The quantitative estimate of drug-likeness (QED) is 0.921. The molecule has 0 bridgehead atoms. The molecule has 96 valence electrons. The van der Waals surface area contributed by atoms with Crippen LogP contribution in [0, 0.1) is 0 Å². The summed E-state index contributed by atoms with van der Waals surface area (Å²) in [5.74, 6) is 0.310. The Balaban J connectivity index is 0.00000162. The van der Waals surface area contributed by atoms with Crippen molar-refractivity contribution in [1.29, 1.82) is 0 Å². The summed E-state index contributed by atoms with van der Waals surface area (Å²) in [5, 5.41) is 2.21. The predicted molar refractivity (Wildman–Crippen MR) is 74.9 cm³/mol. The normalized spacial score (nSPS) is 11.1. The number of hydrogen-bond acceptors (Lipinski definition) is 2. The molecule has 2 rings (SSSR count). The zero-order valence-corrected chi connectivity index (χ0v) is 10.6. The Kier molecular flexibility index (Phi) is 5.62. The molecule has 0 heterocycles. The molecular formula is C14H15ClFNO. The zero-order chi connectivity index (χ0) is 12.1. The van der Waals surface area contributed by atoms with E-state index in [0.717, 1.165) is 10.8 Å². The maximum Gasteiger partial charge on any atom is 0.139 e. The zero-order valence-electron chi connectivity index (χ0n) is 9.80. The van der Waals surface area contributed by atoms with Gasteiger partial charge in [0, 0.05) is 6.54 Å². The van der Waals surface area contributed by atoms with Crippen LogP contribution in [0.2, 0.25) is 0 Å². The van der Waals surface area contributed by atoms with Crippen molar-refractivity contribution in [3.63, 3.8) is 0 Å². The first-order valence-corrected chi connectivity index (χ1v) is 5.46. The van der Waals surface area contributed by atoms with E-state index in [1.165, 1.54) is 6.08 Å². The van der Waals surface area contributed by atoms with Crippen LogP contribution in [0.1, 0.15) is 0 Å². The summed E-state index contributed by atoms with van der Waals surface area (Å²) in [5.41, 5.74) is 5.20. The first-order chi connectivity index (χ1) is 8.29. The van der Waals surface area contributed by atoms with Crippen LogP contribution in [0.25, 0.3) is 10.8 Å². The van der Waals surface area contributed by atoms with Gasteiger partial charge in [0.05, 0.1) is 0 Å². The molecule has 0 aliphatic carbocycles. The molecule has 2 aromatic carbocycles. The van der Waals surface area contributed by atoms with E-state index in [4.69, 9.17) is 10.5 Å². The van der Waals surface area contributed by atoms with Crippen LogP contribution < -0.4 is 10.5 Å². The average molecular weight is 268 g/mol. The van der Waals surface area contributed by atoms with Gasteiger partial charge >= 0.3 is 0 Å². The molecule has 0 amide bonds. The number of nitrogens with two attached hydrogens (primary N) is 1. The maximum atomic E-state index is 13.1. The summed E-state index contributed by atoms with van der Waals surface area (Å²) in [6.07, 6.45) is 1.31. The lowest BCUT2D eigenvalue weighted by Crippen LogP contribution is -2.01. The highest BCUT2D eigenvalue weighted by Crippen LogP contribution is 2.20. The van der Waals surface area contributed by atoms with Crippen molar-refractivity contribution in [3.05, 3.63) is 54.4 Å². The van der Waals surface area contributed by atoms with E-state index in [1.807, 2.05) is 42.5 Å². The lowest BCUT2D eigenvalue weighted by molar-refractivity contribution is 0.318. The second kappa shape index (κ2) is 6.99. The largest absolute Gasteiger partial charge is 0.486 e. The molecule has 2 N–H and O–H groups in total. The Morgan fingerprint density at radius 3 is 2.61 bits per heavy atom. The second-order valence-corrected chi connectivity index (χ2v) is 3.68. The second-order valence-electron chi connectivity index (χ2n) is 3.68. The molecule has 0 spiro atoms. The van der Waals surface area contributed by atoms with Gasteiger partial charge in [-0.25, -0.2) is 4.39 Å². The first-order valence-electron chi connectivity index (χ1n) is 5.46. The Labute approximate surface area is 112 Å². The van der Waals surface area contributed by atoms with Crippen molar-refractivity contribution in [3.8, 4) is 5.75 Å². The lowest BCUT2D eigenvalue weighted by atomic mass is 10.1. The molecule has 0 saturated heterocycles. The molecular weight excluding hydrogens is 253 g/mol. The van der Waals surface area contributed by atoms with Crippen molar-refractivity contribution in [2.75, 3.05) is 13.2 Å². The van der Waals surface area contributed by atoms with Crippen molar-refractivity contribution in [2.24, 2.45) is 5.73 Å². The minimum absolute atomic E-state index is 0. The highest BCUT2D eigenvalue weighted by atomic mass is 35.5. The van der Waals surface area contributed by atoms with Gasteiger partial charge in [-0.3, -0.25) is 0 Å². The summed E-state index contributed by atoms with van der Waals surface area (Å²) in [6.45, 7) is 0.114. The number of hydrogen-bond donors (Lipinski definition) is 1. The predicted octanol–water partition coefficient (Wildman–Crippen LogP) is 3.45. The number of halogens is 2. The molecule has 18 heavy (non-hydrogen) atoms. The summed E-state index contributed by atoms with van der Waals surface area (Å²) in [6, 6.07) is 13.6. The van der Waals surface area contributed by atoms with Gasteiger partial charge in [-0.1, -0.05) is 30.3 Å². The summed E-state index contributed by atoms with van der Waals surface area (Å²) in [4.78, 5) is 0. The van der Waals surface area contributed by atoms with E-state index in [1.54, 1.807) is 0 Å². The SMILES string of the molecule is Cl.NC/C=C(/F)COc1ccc2ccccc2c1. The van der Waals surface area contributed by atoms with E-state index in [9.17, 15) is 4.39 Å². The number of rotatable bonds is 4. The molecule has 0 saturated carbocycles. The minimum Gasteiger partial charge on any atom is -0.486 e. The lowest BCUT2D eigenvalue weighted by Gasteiger charge is -2.06. The van der Waals surface area contributed by atoms with E-state index in [2.05, 4.69) is 0 Å². The molecule has 0 aliphatic heterocycles. The third-order valence-electron chi connectivity index (χ3n) is 2.44. The standard InChI is InChI=1S/C14H14FNO.ClH/c15-13(7-8-16)10-17-14-6-5-11-3-1-2-4-12(11)9-14;/h1-7,9H,8,10,16H2;1H/b13-7+;. The fourth-order valence-corrected chi connectivity index (χ4v) is 1.60. The van der Waals surface area contributed by atoms with Crippen molar-refractivity contribution in [2.45, 2.75) is 0 Å². The smallest absolute Gasteiger partial charge is 0.139 e. The highest BCUT2D eigenvalue weighted by molar-refractivity contribution is 5.85. The molecule has 0 radical (unpaired) electrons. The van der Waals surface area contributed by atoms with Gasteiger partial charge in [0.2, 0.25) is 0 Å². The van der Waals surface area contributed by atoms with Gasteiger partial charge in [0.15, 0.2) is 0 Å². The fourth-order valence-electron chi connectivity index (χ4n) is 1.60. The number of ether oxygens (including phenoxy) is 1. The monoisotopic (exact) mass is 267 g/mol. The summed E-state index contributed by atoms with van der Waals surface area (Å²) >= 11 is 0. The van der Waals surface area contributed by atoms with Crippen molar-refractivity contribution >= 4 is 23.2 Å². The summed E-state index contributed by atoms with van der Waals surface area (Å²) < 4.78 is 18.4. The third kappa shape index (κ3) is 3.72. The van der Waals surface area contributed by atoms with E-state index in [-0.39, 0.29) is 31.4 Å². The fraction of sp³-hybridized carbons (Fsp3) is 0.143. The maximum absolute atomic E-state index is 13.1. The molecule has 0 unspecified atom stereocenters. The van der Waals surface area contributed by atoms with Crippen LogP contribution >= 0.6 is 12.4 Å². The van der Waals surface area contributed by atoms with Gasteiger partial charge in [-0.2, -0.15) is 0 Å². The molecule has 0 fully saturated rings. The van der Waals surface area contributed by atoms with Crippen molar-refractivity contribution < 1.29 is 9.13 Å². The Hall–Kier alpha value is -1.58.